The Kier molecular flexibility index (Phi) is 5.25. The van der Waals surface area contributed by atoms with Crippen molar-refractivity contribution in [3.8, 4) is 0 Å². The number of aromatic nitrogens is 3. The van der Waals surface area contributed by atoms with Gasteiger partial charge in [0.2, 0.25) is 5.91 Å². The van der Waals surface area contributed by atoms with Crippen molar-refractivity contribution < 1.29 is 4.79 Å². The van der Waals surface area contributed by atoms with Crippen LogP contribution in [0.5, 0.6) is 0 Å². The summed E-state index contributed by atoms with van der Waals surface area (Å²) < 4.78 is 2.07. The molecule has 0 aliphatic carbocycles. The van der Waals surface area contributed by atoms with Gasteiger partial charge in [0.15, 0.2) is 0 Å². The Bertz CT molecular complexity index is 682. The summed E-state index contributed by atoms with van der Waals surface area (Å²) in [6, 6.07) is 6.08. The standard InChI is InChI=1S/C18H25N5O/c1-14-11-15(2)23(21-14)12-17-5-3-4-10-22(17)13-18(24)20-16-6-8-19-9-7-16/h6-9,11,17H,3-5,10,12-13H2,1-2H3,(H,19,20,24). The fraction of sp³-hybridized carbons (Fsp3) is 0.500. The van der Waals surface area contributed by atoms with E-state index in [1.165, 1.54) is 12.1 Å². The van der Waals surface area contributed by atoms with Crippen molar-refractivity contribution in [3.05, 3.63) is 42.0 Å². The van der Waals surface area contributed by atoms with Gasteiger partial charge in [-0.15, -0.1) is 0 Å². The molecule has 1 amide bonds. The second kappa shape index (κ2) is 7.57. The highest BCUT2D eigenvalue weighted by molar-refractivity contribution is 5.92. The summed E-state index contributed by atoms with van der Waals surface area (Å²) in [7, 11) is 0. The van der Waals surface area contributed by atoms with Crippen LogP contribution >= 0.6 is 0 Å². The number of nitrogens with one attached hydrogen (secondary N) is 1. The van der Waals surface area contributed by atoms with Crippen LogP contribution in [0.3, 0.4) is 0 Å². The fourth-order valence-corrected chi connectivity index (χ4v) is 3.35. The lowest BCUT2D eigenvalue weighted by Gasteiger charge is -2.35. The van der Waals surface area contributed by atoms with Gasteiger partial charge in [-0.25, -0.2) is 0 Å². The second-order valence-corrected chi connectivity index (χ2v) is 6.51. The average Bonchev–Trinajstić information content (AvgIpc) is 2.87. The molecule has 6 heteroatoms. The molecule has 2 aromatic rings. The molecule has 1 saturated heterocycles. The molecule has 2 aromatic heterocycles. The highest BCUT2D eigenvalue weighted by Gasteiger charge is 2.25. The third kappa shape index (κ3) is 4.20. The Morgan fingerprint density at radius 2 is 2.08 bits per heavy atom. The molecule has 3 rings (SSSR count). The maximum atomic E-state index is 12.4. The van der Waals surface area contributed by atoms with Crippen molar-refractivity contribution >= 4 is 11.6 Å². The number of carbonyl (C=O) groups excluding carboxylic acids is 1. The topological polar surface area (TPSA) is 63.1 Å². The number of hydrogen-bond acceptors (Lipinski definition) is 4. The number of nitrogens with zero attached hydrogens (tertiary/aromatic N) is 4. The molecule has 0 spiro atoms. The number of hydrogen-bond donors (Lipinski definition) is 1. The predicted octanol–water partition coefficient (Wildman–Crippen LogP) is 2.39. The first kappa shape index (κ1) is 16.6. The van der Waals surface area contributed by atoms with E-state index in [-0.39, 0.29) is 5.91 Å². The summed E-state index contributed by atoms with van der Waals surface area (Å²) in [5.74, 6) is 0.0291. The number of amides is 1. The molecule has 3 heterocycles. The Morgan fingerprint density at radius 3 is 2.79 bits per heavy atom. The van der Waals surface area contributed by atoms with Crippen molar-refractivity contribution in [3.63, 3.8) is 0 Å². The summed E-state index contributed by atoms with van der Waals surface area (Å²) in [6.07, 6.45) is 6.84. The Hall–Kier alpha value is -2.21. The van der Waals surface area contributed by atoms with Crippen molar-refractivity contribution in [1.82, 2.24) is 19.7 Å². The average molecular weight is 327 g/mol. The van der Waals surface area contributed by atoms with Crippen LogP contribution in [0, 0.1) is 13.8 Å². The molecule has 0 radical (unpaired) electrons. The minimum Gasteiger partial charge on any atom is -0.325 e. The van der Waals surface area contributed by atoms with Crippen LogP contribution in [0.1, 0.15) is 30.7 Å². The molecule has 0 bridgehead atoms. The van der Waals surface area contributed by atoms with E-state index in [0.717, 1.165) is 37.3 Å². The first-order chi connectivity index (χ1) is 11.6. The van der Waals surface area contributed by atoms with E-state index in [0.29, 0.717) is 12.6 Å². The number of piperidine rings is 1. The SMILES string of the molecule is Cc1cc(C)n(CC2CCCCN2CC(=O)Nc2ccncc2)n1. The molecule has 6 nitrogen and oxygen atoms in total. The number of likely N-dealkylation sites (tertiary alicyclic amines) is 1. The van der Waals surface area contributed by atoms with Crippen LogP contribution in [-0.2, 0) is 11.3 Å². The number of pyridine rings is 1. The van der Waals surface area contributed by atoms with Crippen LogP contribution in [0.25, 0.3) is 0 Å². The molecule has 24 heavy (non-hydrogen) atoms. The van der Waals surface area contributed by atoms with Gasteiger partial charge in [-0.3, -0.25) is 19.4 Å². The van der Waals surface area contributed by atoms with Crippen molar-refractivity contribution in [2.24, 2.45) is 0 Å². The van der Waals surface area contributed by atoms with Gasteiger partial charge in [0.1, 0.15) is 0 Å². The summed E-state index contributed by atoms with van der Waals surface area (Å²) in [4.78, 5) is 18.6. The molecule has 1 N–H and O–H groups in total. The van der Waals surface area contributed by atoms with Gasteiger partial charge in [-0.2, -0.15) is 5.10 Å². The largest absolute Gasteiger partial charge is 0.325 e. The number of aryl methyl sites for hydroxylation is 2. The zero-order valence-electron chi connectivity index (χ0n) is 14.4. The van der Waals surface area contributed by atoms with Crippen molar-refractivity contribution in [2.75, 3.05) is 18.4 Å². The Balaban J connectivity index is 1.61. The van der Waals surface area contributed by atoms with E-state index >= 15 is 0 Å². The highest BCUT2D eigenvalue weighted by Crippen LogP contribution is 2.19. The third-order valence-electron chi connectivity index (χ3n) is 4.55. The molecule has 0 saturated carbocycles. The van der Waals surface area contributed by atoms with Gasteiger partial charge in [0.05, 0.1) is 18.8 Å². The summed E-state index contributed by atoms with van der Waals surface area (Å²) in [6.45, 7) is 6.34. The van der Waals surface area contributed by atoms with Crippen molar-refractivity contribution in [1.29, 1.82) is 0 Å². The van der Waals surface area contributed by atoms with Crippen LogP contribution in [0.15, 0.2) is 30.6 Å². The minimum atomic E-state index is 0.0291. The van der Waals surface area contributed by atoms with Gasteiger partial charge >= 0.3 is 0 Å². The van der Waals surface area contributed by atoms with Crippen LogP contribution in [-0.4, -0.2) is 44.7 Å². The predicted molar refractivity (Wildman–Crippen MR) is 93.8 cm³/mol. The molecule has 1 unspecified atom stereocenters. The molecule has 1 aliphatic rings. The van der Waals surface area contributed by atoms with E-state index in [2.05, 4.69) is 38.0 Å². The third-order valence-corrected chi connectivity index (χ3v) is 4.55. The normalized spacial score (nSPS) is 18.5. The van der Waals surface area contributed by atoms with E-state index in [1.54, 1.807) is 12.4 Å². The first-order valence-electron chi connectivity index (χ1n) is 8.57. The molecule has 0 aromatic carbocycles. The monoisotopic (exact) mass is 327 g/mol. The van der Waals surface area contributed by atoms with Crippen molar-refractivity contribution in [2.45, 2.75) is 45.7 Å². The number of carbonyl (C=O) groups is 1. The van der Waals surface area contributed by atoms with E-state index in [9.17, 15) is 4.79 Å². The second-order valence-electron chi connectivity index (χ2n) is 6.51. The molecule has 128 valence electrons. The van der Waals surface area contributed by atoms with Crippen LogP contribution < -0.4 is 5.32 Å². The molecule has 1 fully saturated rings. The number of anilines is 1. The fourth-order valence-electron chi connectivity index (χ4n) is 3.35. The molecular formula is C18H25N5O. The van der Waals surface area contributed by atoms with Gasteiger partial charge in [0, 0.05) is 29.8 Å². The maximum absolute atomic E-state index is 12.4. The summed E-state index contributed by atoms with van der Waals surface area (Å²) in [5, 5.41) is 7.51. The minimum absolute atomic E-state index is 0.0291. The first-order valence-corrected chi connectivity index (χ1v) is 8.57. The lowest BCUT2D eigenvalue weighted by Crippen LogP contribution is -2.46. The lowest BCUT2D eigenvalue weighted by molar-refractivity contribution is -0.118. The maximum Gasteiger partial charge on any atom is 0.238 e. The molecular weight excluding hydrogens is 302 g/mol. The summed E-state index contributed by atoms with van der Waals surface area (Å²) >= 11 is 0. The smallest absolute Gasteiger partial charge is 0.238 e. The quantitative estimate of drug-likeness (QED) is 0.916. The van der Waals surface area contributed by atoms with Gasteiger partial charge in [0.25, 0.3) is 0 Å². The van der Waals surface area contributed by atoms with E-state index in [1.807, 2.05) is 19.1 Å². The van der Waals surface area contributed by atoms with Gasteiger partial charge in [-0.05, 0) is 51.4 Å². The zero-order chi connectivity index (χ0) is 16.9. The lowest BCUT2D eigenvalue weighted by atomic mass is 10.0. The Labute approximate surface area is 142 Å². The Morgan fingerprint density at radius 1 is 1.29 bits per heavy atom. The zero-order valence-corrected chi connectivity index (χ0v) is 14.4. The van der Waals surface area contributed by atoms with Crippen LogP contribution in [0.4, 0.5) is 5.69 Å². The van der Waals surface area contributed by atoms with E-state index < -0.39 is 0 Å². The summed E-state index contributed by atoms with van der Waals surface area (Å²) in [5.41, 5.74) is 3.02. The van der Waals surface area contributed by atoms with Gasteiger partial charge in [-0.1, -0.05) is 6.42 Å². The van der Waals surface area contributed by atoms with Gasteiger partial charge < -0.3 is 5.32 Å². The molecule has 1 atom stereocenters. The highest BCUT2D eigenvalue weighted by atomic mass is 16.2. The van der Waals surface area contributed by atoms with E-state index in [4.69, 9.17) is 0 Å². The van der Waals surface area contributed by atoms with Crippen LogP contribution in [0.2, 0.25) is 0 Å². The molecule has 1 aliphatic heterocycles. The number of rotatable bonds is 5.